The summed E-state index contributed by atoms with van der Waals surface area (Å²) in [7, 11) is -0.360. The summed E-state index contributed by atoms with van der Waals surface area (Å²) < 4.78 is 25.7. The monoisotopic (exact) mass is 315 g/mol. The number of sulfonamides is 1. The molecule has 0 aromatic heterocycles. The molecule has 112 valence electrons. The zero-order valence-electron chi connectivity index (χ0n) is 12.0. The summed E-state index contributed by atoms with van der Waals surface area (Å²) >= 11 is 1.91. The molecule has 7 heteroatoms. The van der Waals surface area contributed by atoms with Crippen LogP contribution in [0.4, 0.5) is 11.4 Å². The number of benzene rings is 1. The van der Waals surface area contributed by atoms with Crippen LogP contribution in [0.1, 0.15) is 6.92 Å². The van der Waals surface area contributed by atoms with E-state index >= 15 is 0 Å². The molecule has 1 aliphatic rings. The Morgan fingerprint density at radius 2 is 2.10 bits per heavy atom. The van der Waals surface area contributed by atoms with Gasteiger partial charge in [0.05, 0.1) is 16.3 Å². The van der Waals surface area contributed by atoms with Gasteiger partial charge in [-0.15, -0.1) is 0 Å². The summed E-state index contributed by atoms with van der Waals surface area (Å²) in [4.78, 5) is 2.48. The molecule has 1 unspecified atom stereocenters. The van der Waals surface area contributed by atoms with Crippen LogP contribution in [0.5, 0.6) is 0 Å². The van der Waals surface area contributed by atoms with E-state index in [0.29, 0.717) is 11.7 Å². The molecule has 0 saturated carbocycles. The highest BCUT2D eigenvalue weighted by Crippen LogP contribution is 2.31. The molecule has 0 spiro atoms. The van der Waals surface area contributed by atoms with Gasteiger partial charge in [-0.3, -0.25) is 0 Å². The molecule has 0 amide bonds. The first-order valence-corrected chi connectivity index (χ1v) is 9.10. The Bertz CT molecular complexity index is 587. The lowest BCUT2D eigenvalue weighted by Gasteiger charge is -2.36. The molecule has 1 aliphatic heterocycles. The first-order valence-electron chi connectivity index (χ1n) is 6.50. The molecule has 0 bridgehead atoms. The molecule has 1 fully saturated rings. The molecule has 1 heterocycles. The van der Waals surface area contributed by atoms with Crippen LogP contribution in [0.15, 0.2) is 23.1 Å². The fourth-order valence-corrected chi connectivity index (χ4v) is 4.16. The Hall–Kier alpha value is -0.920. The van der Waals surface area contributed by atoms with Gasteiger partial charge in [-0.2, -0.15) is 11.8 Å². The Morgan fingerprint density at radius 1 is 1.40 bits per heavy atom. The molecule has 2 N–H and O–H groups in total. The van der Waals surface area contributed by atoms with E-state index in [1.54, 1.807) is 18.2 Å². The van der Waals surface area contributed by atoms with Crippen molar-refractivity contribution in [2.45, 2.75) is 17.9 Å². The average molecular weight is 315 g/mol. The van der Waals surface area contributed by atoms with Gasteiger partial charge in [0.25, 0.3) is 0 Å². The fraction of sp³-hybridized carbons (Fsp3) is 0.538. The van der Waals surface area contributed by atoms with Gasteiger partial charge in [0.15, 0.2) is 0 Å². The Kier molecular flexibility index (Phi) is 4.51. The molecule has 1 aromatic rings. The molecule has 20 heavy (non-hydrogen) atoms. The van der Waals surface area contributed by atoms with E-state index in [0.717, 1.165) is 23.7 Å². The fourth-order valence-electron chi connectivity index (χ4n) is 2.23. The largest absolute Gasteiger partial charge is 0.397 e. The van der Waals surface area contributed by atoms with E-state index in [4.69, 9.17) is 5.73 Å². The van der Waals surface area contributed by atoms with Crippen molar-refractivity contribution >= 4 is 33.2 Å². The molecule has 1 saturated heterocycles. The van der Waals surface area contributed by atoms with Crippen LogP contribution in [0.2, 0.25) is 0 Å². The average Bonchev–Trinajstić information content (AvgIpc) is 2.40. The number of thioether (sulfide) groups is 1. The zero-order chi connectivity index (χ0) is 14.9. The van der Waals surface area contributed by atoms with Crippen LogP contribution >= 0.6 is 11.8 Å². The summed E-state index contributed by atoms with van der Waals surface area (Å²) in [5.74, 6) is 2.07. The first-order chi connectivity index (χ1) is 9.34. The van der Waals surface area contributed by atoms with Crippen molar-refractivity contribution in [1.82, 2.24) is 4.31 Å². The van der Waals surface area contributed by atoms with Crippen molar-refractivity contribution in [3.63, 3.8) is 0 Å². The Morgan fingerprint density at radius 3 is 2.70 bits per heavy atom. The highest BCUT2D eigenvalue weighted by atomic mass is 32.2. The smallest absolute Gasteiger partial charge is 0.242 e. The van der Waals surface area contributed by atoms with Crippen molar-refractivity contribution in [2.24, 2.45) is 0 Å². The second kappa shape index (κ2) is 5.83. The SMILES string of the molecule is CC1CSCCN1c1cc(S(=O)(=O)N(C)C)ccc1N. The molecule has 5 nitrogen and oxygen atoms in total. The predicted molar refractivity (Wildman–Crippen MR) is 85.9 cm³/mol. The molecular formula is C13H21N3O2S2. The number of rotatable bonds is 3. The number of hydrogen-bond acceptors (Lipinski definition) is 5. The van der Waals surface area contributed by atoms with E-state index in [9.17, 15) is 8.42 Å². The van der Waals surface area contributed by atoms with Gasteiger partial charge in [-0.1, -0.05) is 0 Å². The van der Waals surface area contributed by atoms with Crippen LogP contribution in [-0.4, -0.2) is 50.9 Å². The van der Waals surface area contributed by atoms with E-state index < -0.39 is 10.0 Å². The first kappa shape index (κ1) is 15.5. The van der Waals surface area contributed by atoms with Crippen molar-refractivity contribution in [3.8, 4) is 0 Å². The van der Waals surface area contributed by atoms with E-state index in [1.807, 2.05) is 11.8 Å². The number of nitrogen functional groups attached to an aromatic ring is 1. The van der Waals surface area contributed by atoms with Gasteiger partial charge in [-0.05, 0) is 25.1 Å². The summed E-state index contributed by atoms with van der Waals surface area (Å²) in [5.41, 5.74) is 7.49. The second-order valence-corrected chi connectivity index (χ2v) is 8.43. The lowest BCUT2D eigenvalue weighted by atomic mass is 10.2. The summed E-state index contributed by atoms with van der Waals surface area (Å²) in [5, 5.41) is 0. The number of hydrogen-bond donors (Lipinski definition) is 1. The Labute approximate surface area is 125 Å². The highest BCUT2D eigenvalue weighted by molar-refractivity contribution is 7.99. The minimum Gasteiger partial charge on any atom is -0.397 e. The van der Waals surface area contributed by atoms with Gasteiger partial charge < -0.3 is 10.6 Å². The molecule has 0 radical (unpaired) electrons. The lowest BCUT2D eigenvalue weighted by molar-refractivity contribution is 0.520. The van der Waals surface area contributed by atoms with Gasteiger partial charge in [0.2, 0.25) is 10.0 Å². The van der Waals surface area contributed by atoms with Crippen LogP contribution < -0.4 is 10.6 Å². The van der Waals surface area contributed by atoms with Crippen molar-refractivity contribution in [1.29, 1.82) is 0 Å². The van der Waals surface area contributed by atoms with Crippen LogP contribution in [-0.2, 0) is 10.0 Å². The van der Waals surface area contributed by atoms with Crippen LogP contribution in [0.3, 0.4) is 0 Å². The lowest BCUT2D eigenvalue weighted by Crippen LogP contribution is -2.40. The summed E-state index contributed by atoms with van der Waals surface area (Å²) in [6.07, 6.45) is 0. The molecule has 1 aromatic carbocycles. The van der Waals surface area contributed by atoms with E-state index in [2.05, 4.69) is 11.8 Å². The number of nitrogens with two attached hydrogens (primary N) is 1. The topological polar surface area (TPSA) is 66.6 Å². The zero-order valence-corrected chi connectivity index (χ0v) is 13.7. The van der Waals surface area contributed by atoms with E-state index in [1.165, 1.54) is 18.4 Å². The third kappa shape index (κ3) is 2.89. The highest BCUT2D eigenvalue weighted by Gasteiger charge is 2.24. The molecular weight excluding hydrogens is 294 g/mol. The Balaban J connectivity index is 2.44. The molecule has 2 rings (SSSR count). The maximum atomic E-state index is 12.2. The predicted octanol–water partition coefficient (Wildman–Crippen LogP) is 1.46. The number of anilines is 2. The van der Waals surface area contributed by atoms with Gasteiger partial charge in [-0.25, -0.2) is 12.7 Å². The normalized spacial score (nSPS) is 20.4. The van der Waals surface area contributed by atoms with Gasteiger partial charge >= 0.3 is 0 Å². The van der Waals surface area contributed by atoms with Crippen molar-refractivity contribution in [2.75, 3.05) is 42.8 Å². The van der Waals surface area contributed by atoms with Crippen molar-refractivity contribution in [3.05, 3.63) is 18.2 Å². The maximum absolute atomic E-state index is 12.2. The van der Waals surface area contributed by atoms with Crippen LogP contribution in [0, 0.1) is 0 Å². The van der Waals surface area contributed by atoms with Crippen LogP contribution in [0.25, 0.3) is 0 Å². The minimum absolute atomic E-state index is 0.289. The van der Waals surface area contributed by atoms with Gasteiger partial charge in [0.1, 0.15) is 0 Å². The minimum atomic E-state index is -3.43. The standard InChI is InChI=1S/C13H21N3O2S2/c1-10-9-19-7-6-16(10)13-8-11(4-5-12(13)14)20(17,18)15(2)3/h4-5,8,10H,6-7,9,14H2,1-3H3. The maximum Gasteiger partial charge on any atom is 0.242 e. The van der Waals surface area contributed by atoms with Crippen molar-refractivity contribution < 1.29 is 8.42 Å². The molecule has 0 aliphatic carbocycles. The molecule has 1 atom stereocenters. The third-order valence-corrected chi connectivity index (χ3v) is 6.46. The van der Waals surface area contributed by atoms with E-state index in [-0.39, 0.29) is 4.90 Å². The third-order valence-electron chi connectivity index (χ3n) is 3.46. The number of nitrogens with zero attached hydrogens (tertiary/aromatic N) is 2. The van der Waals surface area contributed by atoms with Gasteiger partial charge in [0, 0.05) is 38.2 Å². The summed E-state index contributed by atoms with van der Waals surface area (Å²) in [6, 6.07) is 5.29. The summed E-state index contributed by atoms with van der Waals surface area (Å²) in [6.45, 7) is 3.03. The quantitative estimate of drug-likeness (QED) is 0.856. The second-order valence-electron chi connectivity index (χ2n) is 5.13.